The van der Waals surface area contributed by atoms with Crippen molar-refractivity contribution in [1.82, 2.24) is 20.1 Å². The largest absolute Gasteiger partial charge is 0.369 e. The average molecular weight is 304 g/mol. The Morgan fingerprint density at radius 1 is 1.24 bits per heavy atom. The van der Waals surface area contributed by atoms with E-state index in [0.29, 0.717) is 30.6 Å². The van der Waals surface area contributed by atoms with E-state index < -0.39 is 0 Å². The first-order valence-electron chi connectivity index (χ1n) is 6.78. The van der Waals surface area contributed by atoms with Gasteiger partial charge in [-0.25, -0.2) is 4.98 Å². The van der Waals surface area contributed by atoms with E-state index in [1.807, 2.05) is 25.3 Å². The fourth-order valence-corrected chi connectivity index (χ4v) is 2.72. The van der Waals surface area contributed by atoms with Gasteiger partial charge < -0.3 is 15.2 Å². The van der Waals surface area contributed by atoms with E-state index >= 15 is 0 Å². The molecular formula is C13H16N6OS. The van der Waals surface area contributed by atoms with Crippen LogP contribution in [0.2, 0.25) is 0 Å². The van der Waals surface area contributed by atoms with Gasteiger partial charge in [0.15, 0.2) is 5.82 Å². The molecule has 21 heavy (non-hydrogen) atoms. The molecule has 0 aromatic carbocycles. The normalized spacial score (nSPS) is 11.0. The maximum absolute atomic E-state index is 5.09. The molecule has 0 aliphatic heterocycles. The van der Waals surface area contributed by atoms with Crippen molar-refractivity contribution in [3.63, 3.8) is 0 Å². The van der Waals surface area contributed by atoms with Crippen LogP contribution in [0, 0.1) is 6.92 Å². The summed E-state index contributed by atoms with van der Waals surface area (Å²) in [6.07, 6.45) is 0.660. The van der Waals surface area contributed by atoms with Crippen LogP contribution < -0.4 is 10.6 Å². The van der Waals surface area contributed by atoms with Crippen molar-refractivity contribution in [2.24, 2.45) is 0 Å². The standard InChI is InChI=1S/C13H16N6OS/c1-3-14-13-17-11(9-5-7-21-12(9)18-13)15-6-4-10-16-8(2)19-20-10/h5,7H,3-4,6H2,1-2H3,(H2,14,15,17,18). The average Bonchev–Trinajstić information content (AvgIpc) is 3.08. The molecular weight excluding hydrogens is 288 g/mol. The fourth-order valence-electron chi connectivity index (χ4n) is 1.96. The summed E-state index contributed by atoms with van der Waals surface area (Å²) in [5.41, 5.74) is 0. The molecule has 0 spiro atoms. The number of rotatable bonds is 6. The first-order valence-corrected chi connectivity index (χ1v) is 7.66. The van der Waals surface area contributed by atoms with Crippen molar-refractivity contribution in [2.45, 2.75) is 20.3 Å². The van der Waals surface area contributed by atoms with E-state index in [0.717, 1.165) is 22.6 Å². The third kappa shape index (κ3) is 3.10. The Morgan fingerprint density at radius 3 is 2.90 bits per heavy atom. The molecule has 110 valence electrons. The molecule has 0 unspecified atom stereocenters. The Morgan fingerprint density at radius 2 is 2.14 bits per heavy atom. The van der Waals surface area contributed by atoms with Gasteiger partial charge in [-0.3, -0.25) is 0 Å². The number of fused-ring (bicyclic) bond motifs is 1. The van der Waals surface area contributed by atoms with Crippen LogP contribution in [0.5, 0.6) is 0 Å². The number of hydrogen-bond donors (Lipinski definition) is 2. The van der Waals surface area contributed by atoms with Gasteiger partial charge in [0.2, 0.25) is 11.8 Å². The number of aryl methyl sites for hydroxylation is 1. The highest BCUT2D eigenvalue weighted by atomic mass is 32.1. The Kier molecular flexibility index (Phi) is 3.96. The molecule has 3 aromatic rings. The molecule has 8 heteroatoms. The maximum atomic E-state index is 5.09. The summed E-state index contributed by atoms with van der Waals surface area (Å²) in [6.45, 7) is 5.29. The second-order valence-electron chi connectivity index (χ2n) is 4.48. The Balaban J connectivity index is 1.74. The third-order valence-electron chi connectivity index (χ3n) is 2.86. The number of hydrogen-bond acceptors (Lipinski definition) is 8. The van der Waals surface area contributed by atoms with Crippen molar-refractivity contribution in [1.29, 1.82) is 0 Å². The molecule has 2 N–H and O–H groups in total. The summed E-state index contributed by atoms with van der Waals surface area (Å²) < 4.78 is 5.09. The van der Waals surface area contributed by atoms with Crippen LogP contribution in [0.1, 0.15) is 18.6 Å². The number of aromatic nitrogens is 4. The summed E-state index contributed by atoms with van der Waals surface area (Å²) in [6, 6.07) is 2.02. The molecule has 7 nitrogen and oxygen atoms in total. The van der Waals surface area contributed by atoms with Gasteiger partial charge in [0.05, 0.1) is 5.39 Å². The number of nitrogens with one attached hydrogen (secondary N) is 2. The quantitative estimate of drug-likeness (QED) is 0.723. The summed E-state index contributed by atoms with van der Waals surface area (Å²) in [5.74, 6) is 2.75. The highest BCUT2D eigenvalue weighted by Gasteiger charge is 2.09. The van der Waals surface area contributed by atoms with Gasteiger partial charge in [0.25, 0.3) is 0 Å². The lowest BCUT2D eigenvalue weighted by molar-refractivity contribution is 0.377. The molecule has 0 bridgehead atoms. The van der Waals surface area contributed by atoms with Crippen molar-refractivity contribution < 1.29 is 4.52 Å². The van der Waals surface area contributed by atoms with E-state index in [1.165, 1.54) is 0 Å². The first kappa shape index (κ1) is 13.7. The van der Waals surface area contributed by atoms with Crippen LogP contribution in [0.25, 0.3) is 10.2 Å². The van der Waals surface area contributed by atoms with Crippen LogP contribution in [0.15, 0.2) is 16.0 Å². The van der Waals surface area contributed by atoms with Gasteiger partial charge in [-0.1, -0.05) is 5.16 Å². The minimum absolute atomic E-state index is 0.627. The van der Waals surface area contributed by atoms with Crippen molar-refractivity contribution >= 4 is 33.3 Å². The molecule has 0 radical (unpaired) electrons. The van der Waals surface area contributed by atoms with Crippen molar-refractivity contribution in [3.05, 3.63) is 23.2 Å². The topological polar surface area (TPSA) is 88.8 Å². The molecule has 0 atom stereocenters. The van der Waals surface area contributed by atoms with E-state index in [4.69, 9.17) is 4.52 Å². The molecule has 0 amide bonds. The molecule has 0 fully saturated rings. The second-order valence-corrected chi connectivity index (χ2v) is 5.37. The predicted molar refractivity (Wildman–Crippen MR) is 82.8 cm³/mol. The highest BCUT2D eigenvalue weighted by molar-refractivity contribution is 7.16. The Labute approximate surface area is 125 Å². The molecule has 3 rings (SSSR count). The summed E-state index contributed by atoms with van der Waals surface area (Å²) in [7, 11) is 0. The zero-order valence-corrected chi connectivity index (χ0v) is 12.7. The smallest absolute Gasteiger partial charge is 0.228 e. The van der Waals surface area contributed by atoms with Crippen LogP contribution >= 0.6 is 11.3 Å². The van der Waals surface area contributed by atoms with Crippen molar-refractivity contribution in [3.8, 4) is 0 Å². The van der Waals surface area contributed by atoms with Crippen LogP contribution in [0.4, 0.5) is 11.8 Å². The van der Waals surface area contributed by atoms with Gasteiger partial charge in [0.1, 0.15) is 10.6 Å². The Bertz CT molecular complexity index is 737. The van der Waals surface area contributed by atoms with Crippen molar-refractivity contribution in [2.75, 3.05) is 23.7 Å². The van der Waals surface area contributed by atoms with Crippen LogP contribution in [-0.4, -0.2) is 33.2 Å². The highest BCUT2D eigenvalue weighted by Crippen LogP contribution is 2.26. The molecule has 0 aliphatic carbocycles. The molecule has 3 heterocycles. The zero-order valence-electron chi connectivity index (χ0n) is 11.9. The summed E-state index contributed by atoms with van der Waals surface area (Å²) >= 11 is 1.60. The summed E-state index contributed by atoms with van der Waals surface area (Å²) in [4.78, 5) is 14.1. The lowest BCUT2D eigenvalue weighted by Crippen LogP contribution is -2.09. The van der Waals surface area contributed by atoms with E-state index in [-0.39, 0.29) is 0 Å². The minimum atomic E-state index is 0.627. The number of thiophene rings is 1. The first-order chi connectivity index (χ1) is 10.3. The summed E-state index contributed by atoms with van der Waals surface area (Å²) in [5, 5.41) is 13.3. The molecule has 0 saturated carbocycles. The van der Waals surface area contributed by atoms with Gasteiger partial charge in [-0.2, -0.15) is 9.97 Å². The fraction of sp³-hybridized carbons (Fsp3) is 0.385. The van der Waals surface area contributed by atoms with E-state index in [9.17, 15) is 0 Å². The maximum Gasteiger partial charge on any atom is 0.228 e. The molecule has 0 aliphatic rings. The monoisotopic (exact) mass is 304 g/mol. The van der Waals surface area contributed by atoms with Gasteiger partial charge in [0, 0.05) is 19.5 Å². The third-order valence-corrected chi connectivity index (χ3v) is 3.67. The lowest BCUT2D eigenvalue weighted by Gasteiger charge is -2.08. The predicted octanol–water partition coefficient (Wildman–Crippen LogP) is 2.47. The minimum Gasteiger partial charge on any atom is -0.369 e. The lowest BCUT2D eigenvalue weighted by atomic mass is 10.3. The molecule has 0 saturated heterocycles. The van der Waals surface area contributed by atoms with Gasteiger partial charge in [-0.05, 0) is 25.3 Å². The van der Waals surface area contributed by atoms with Crippen LogP contribution in [0.3, 0.4) is 0 Å². The molecule has 3 aromatic heterocycles. The van der Waals surface area contributed by atoms with E-state index in [1.54, 1.807) is 11.3 Å². The Hall–Kier alpha value is -2.22. The number of anilines is 2. The second kappa shape index (κ2) is 6.04. The zero-order chi connectivity index (χ0) is 14.7. The van der Waals surface area contributed by atoms with Gasteiger partial charge in [-0.15, -0.1) is 11.3 Å². The van der Waals surface area contributed by atoms with E-state index in [2.05, 4.69) is 30.7 Å². The van der Waals surface area contributed by atoms with Gasteiger partial charge >= 0.3 is 0 Å². The van der Waals surface area contributed by atoms with Crippen LogP contribution in [-0.2, 0) is 6.42 Å². The SMILES string of the molecule is CCNc1nc(NCCc2nc(C)no2)c2ccsc2n1. The number of nitrogens with zero attached hydrogens (tertiary/aromatic N) is 4.